The molecule has 21 heavy (non-hydrogen) atoms. The van der Waals surface area contributed by atoms with Gasteiger partial charge < -0.3 is 0 Å². The second kappa shape index (κ2) is 5.40. The Labute approximate surface area is 132 Å². The van der Waals surface area contributed by atoms with Crippen molar-refractivity contribution in [2.75, 3.05) is 4.90 Å². The molecular weight excluding hydrogens is 307 g/mol. The highest BCUT2D eigenvalue weighted by atomic mass is 35.5. The fourth-order valence-corrected chi connectivity index (χ4v) is 2.97. The van der Waals surface area contributed by atoms with Crippen LogP contribution >= 0.6 is 23.2 Å². The van der Waals surface area contributed by atoms with Crippen LogP contribution in [0.5, 0.6) is 0 Å². The molecule has 0 bridgehead atoms. The second-order valence-electron chi connectivity index (χ2n) is 4.74. The smallest absolute Gasteiger partial charge is 0.236 e. The molecule has 0 radical (unpaired) electrons. The number of hydrogen-bond donors (Lipinski definition) is 0. The van der Waals surface area contributed by atoms with Crippen molar-refractivity contribution in [3.05, 3.63) is 57.6 Å². The van der Waals surface area contributed by atoms with Crippen molar-refractivity contribution in [2.24, 2.45) is 0 Å². The van der Waals surface area contributed by atoms with Crippen LogP contribution in [0.2, 0.25) is 10.0 Å². The van der Waals surface area contributed by atoms with Gasteiger partial charge in [0.15, 0.2) is 0 Å². The molecular formula is C16H10Cl2N2O. The van der Waals surface area contributed by atoms with Crippen molar-refractivity contribution in [3.63, 3.8) is 0 Å². The van der Waals surface area contributed by atoms with Gasteiger partial charge in [0.1, 0.15) is 0 Å². The molecule has 0 atom stereocenters. The van der Waals surface area contributed by atoms with Gasteiger partial charge in [0.05, 0.1) is 40.3 Å². The van der Waals surface area contributed by atoms with Crippen LogP contribution in [0.3, 0.4) is 0 Å². The van der Waals surface area contributed by atoms with Crippen molar-refractivity contribution < 1.29 is 4.79 Å². The van der Waals surface area contributed by atoms with Gasteiger partial charge >= 0.3 is 0 Å². The Hall–Kier alpha value is -2.02. The highest BCUT2D eigenvalue weighted by Gasteiger charge is 2.31. The predicted octanol–water partition coefficient (Wildman–Crippen LogP) is 4.28. The van der Waals surface area contributed by atoms with Crippen molar-refractivity contribution >= 4 is 40.5 Å². The fraction of sp³-hybridized carbons (Fsp3) is 0.125. The predicted molar refractivity (Wildman–Crippen MR) is 83.1 cm³/mol. The number of rotatable bonds is 2. The number of hydrogen-bond acceptors (Lipinski definition) is 2. The third-order valence-electron chi connectivity index (χ3n) is 3.47. The summed E-state index contributed by atoms with van der Waals surface area (Å²) < 4.78 is 0. The van der Waals surface area contributed by atoms with E-state index in [1.165, 1.54) is 0 Å². The monoisotopic (exact) mass is 316 g/mol. The van der Waals surface area contributed by atoms with Crippen LogP contribution in [0.4, 0.5) is 11.4 Å². The average Bonchev–Trinajstić information content (AvgIpc) is 2.80. The number of anilines is 2. The molecule has 2 aromatic carbocycles. The van der Waals surface area contributed by atoms with Crippen LogP contribution in [-0.2, 0) is 17.6 Å². The third-order valence-corrected chi connectivity index (χ3v) is 4.26. The summed E-state index contributed by atoms with van der Waals surface area (Å²) in [6, 6.07) is 13.0. The maximum absolute atomic E-state index is 12.4. The van der Waals surface area contributed by atoms with Gasteiger partial charge in [-0.15, -0.1) is 0 Å². The van der Waals surface area contributed by atoms with E-state index in [0.29, 0.717) is 27.7 Å². The Morgan fingerprint density at radius 2 is 1.95 bits per heavy atom. The van der Waals surface area contributed by atoms with Crippen molar-refractivity contribution in [3.8, 4) is 6.07 Å². The molecule has 104 valence electrons. The summed E-state index contributed by atoms with van der Waals surface area (Å²) in [6.07, 6.45) is 0.489. The summed E-state index contributed by atoms with van der Waals surface area (Å²) in [5.74, 6) is -0.0699. The van der Waals surface area contributed by atoms with Gasteiger partial charge in [0.2, 0.25) is 5.91 Å². The maximum Gasteiger partial charge on any atom is 0.236 e. The first-order chi connectivity index (χ1) is 10.1. The zero-order valence-corrected chi connectivity index (χ0v) is 12.4. The molecule has 1 amide bonds. The summed E-state index contributed by atoms with van der Waals surface area (Å²) in [5.41, 5.74) is 2.95. The second-order valence-corrected chi connectivity index (χ2v) is 5.52. The van der Waals surface area contributed by atoms with Gasteiger partial charge in [-0.05, 0) is 23.3 Å². The quantitative estimate of drug-likeness (QED) is 0.830. The van der Waals surface area contributed by atoms with Crippen LogP contribution in [-0.4, -0.2) is 5.91 Å². The fourth-order valence-electron chi connectivity index (χ4n) is 2.55. The Morgan fingerprint density at radius 3 is 2.71 bits per heavy atom. The first-order valence-electron chi connectivity index (χ1n) is 6.38. The highest BCUT2D eigenvalue weighted by Crippen LogP contribution is 2.43. The normalized spacial score (nSPS) is 13.2. The Morgan fingerprint density at radius 1 is 1.19 bits per heavy atom. The molecule has 0 spiro atoms. The van der Waals surface area contributed by atoms with Gasteiger partial charge in [-0.25, -0.2) is 0 Å². The molecule has 1 aliphatic heterocycles. The van der Waals surface area contributed by atoms with E-state index in [2.05, 4.69) is 6.07 Å². The van der Waals surface area contributed by atoms with Crippen LogP contribution in [0.15, 0.2) is 36.4 Å². The number of benzene rings is 2. The van der Waals surface area contributed by atoms with E-state index < -0.39 is 0 Å². The molecule has 3 rings (SSSR count). The molecule has 5 heteroatoms. The van der Waals surface area contributed by atoms with E-state index in [1.807, 2.05) is 24.3 Å². The lowest BCUT2D eigenvalue weighted by atomic mass is 10.1. The van der Waals surface area contributed by atoms with Gasteiger partial charge in [-0.1, -0.05) is 47.5 Å². The van der Waals surface area contributed by atoms with Gasteiger partial charge in [0.25, 0.3) is 0 Å². The van der Waals surface area contributed by atoms with E-state index in [4.69, 9.17) is 28.5 Å². The first kappa shape index (κ1) is 13.9. The average molecular weight is 317 g/mol. The molecule has 0 aromatic heterocycles. The number of fused-ring (bicyclic) bond motifs is 1. The third kappa shape index (κ3) is 2.27. The molecule has 0 N–H and O–H groups in total. The van der Waals surface area contributed by atoms with Crippen molar-refractivity contribution in [2.45, 2.75) is 12.8 Å². The minimum Gasteiger partial charge on any atom is -0.279 e. The number of halogens is 2. The van der Waals surface area contributed by atoms with E-state index in [0.717, 1.165) is 11.3 Å². The Balaban J connectivity index is 2.23. The molecule has 0 fully saturated rings. The number of para-hydroxylation sites is 1. The number of nitriles is 1. The lowest BCUT2D eigenvalue weighted by Crippen LogP contribution is -2.22. The van der Waals surface area contributed by atoms with Gasteiger partial charge in [0, 0.05) is 0 Å². The topological polar surface area (TPSA) is 44.1 Å². The van der Waals surface area contributed by atoms with E-state index >= 15 is 0 Å². The van der Waals surface area contributed by atoms with Crippen LogP contribution in [0.1, 0.15) is 11.1 Å². The summed E-state index contributed by atoms with van der Waals surface area (Å²) in [4.78, 5) is 14.0. The summed E-state index contributed by atoms with van der Waals surface area (Å²) >= 11 is 12.4. The van der Waals surface area contributed by atoms with E-state index in [-0.39, 0.29) is 12.3 Å². The number of carbonyl (C=O) groups excluding carboxylic acids is 1. The van der Waals surface area contributed by atoms with Crippen LogP contribution in [0.25, 0.3) is 0 Å². The highest BCUT2D eigenvalue weighted by molar-refractivity contribution is 6.44. The SMILES string of the molecule is N#CCc1ccc(Cl)c(Cl)c1N1C(=O)Cc2ccccc21. The molecule has 0 saturated heterocycles. The van der Waals surface area contributed by atoms with Crippen molar-refractivity contribution in [1.82, 2.24) is 0 Å². The minimum atomic E-state index is -0.0699. The van der Waals surface area contributed by atoms with Crippen LogP contribution < -0.4 is 4.90 Å². The van der Waals surface area contributed by atoms with E-state index in [1.54, 1.807) is 17.0 Å². The molecule has 0 unspecified atom stereocenters. The standard InChI is InChI=1S/C16H10Cl2N2O/c17-12-6-5-10(7-8-19)16(15(12)18)20-13-4-2-1-3-11(13)9-14(20)21/h1-6H,7,9H2. The zero-order valence-electron chi connectivity index (χ0n) is 10.9. The number of carbonyl (C=O) groups is 1. The lowest BCUT2D eigenvalue weighted by Gasteiger charge is -2.22. The lowest BCUT2D eigenvalue weighted by molar-refractivity contribution is -0.116. The molecule has 1 aliphatic rings. The van der Waals surface area contributed by atoms with Gasteiger partial charge in [-0.3, -0.25) is 9.69 Å². The molecule has 1 heterocycles. The largest absolute Gasteiger partial charge is 0.279 e. The first-order valence-corrected chi connectivity index (χ1v) is 7.13. The molecule has 3 nitrogen and oxygen atoms in total. The Bertz CT molecular complexity index is 780. The summed E-state index contributed by atoms with van der Waals surface area (Å²) in [5, 5.41) is 9.65. The number of amides is 1. The van der Waals surface area contributed by atoms with Gasteiger partial charge in [-0.2, -0.15) is 5.26 Å². The van der Waals surface area contributed by atoms with Crippen molar-refractivity contribution in [1.29, 1.82) is 5.26 Å². The summed E-state index contributed by atoms with van der Waals surface area (Å²) in [7, 11) is 0. The minimum absolute atomic E-state index is 0.0699. The molecule has 2 aromatic rings. The zero-order chi connectivity index (χ0) is 15.0. The molecule has 0 aliphatic carbocycles. The Kier molecular flexibility index (Phi) is 3.59. The maximum atomic E-state index is 12.4. The number of nitrogens with zero attached hydrogens (tertiary/aromatic N) is 2. The van der Waals surface area contributed by atoms with Crippen LogP contribution in [0, 0.1) is 11.3 Å². The summed E-state index contributed by atoms with van der Waals surface area (Å²) in [6.45, 7) is 0. The molecule has 0 saturated carbocycles. The van der Waals surface area contributed by atoms with E-state index in [9.17, 15) is 4.79 Å².